The Balaban J connectivity index is 3.61. The third-order valence-corrected chi connectivity index (χ3v) is 0.983. The lowest BCUT2D eigenvalue weighted by atomic mass is 10.3. The minimum absolute atomic E-state index is 0.607. The van der Waals surface area contributed by atoms with E-state index in [0.29, 0.717) is 5.88 Å². The minimum Gasteiger partial charge on any atom is -0.122 e. The molecule has 0 N–H and O–H groups in total. The Morgan fingerprint density at radius 1 is 1.62 bits per heavy atom. The van der Waals surface area contributed by atoms with Crippen LogP contribution in [0.5, 0.6) is 0 Å². The molecule has 0 atom stereocenters. The van der Waals surface area contributed by atoms with Crippen LogP contribution < -0.4 is 0 Å². The van der Waals surface area contributed by atoms with Crippen molar-refractivity contribution in [2.75, 3.05) is 5.88 Å². The van der Waals surface area contributed by atoms with Crippen LogP contribution in [0.4, 0.5) is 0 Å². The van der Waals surface area contributed by atoms with Gasteiger partial charge in [-0.2, -0.15) is 0 Å². The highest BCUT2D eigenvalue weighted by atomic mass is 35.5. The van der Waals surface area contributed by atoms with Crippen LogP contribution in [0.3, 0.4) is 0 Å². The fourth-order valence-electron chi connectivity index (χ4n) is 0.453. The predicted octanol–water partition coefficient (Wildman–Crippen LogP) is 2.75. The average Bonchev–Trinajstić information content (AvgIpc) is 1.68. The number of halogens is 1. The Morgan fingerprint density at radius 2 is 2.25 bits per heavy atom. The largest absolute Gasteiger partial charge is 0.122 e. The zero-order valence-corrected chi connectivity index (χ0v) is 6.07. The van der Waals surface area contributed by atoms with E-state index in [9.17, 15) is 0 Å². The normalized spacial score (nSPS) is 13.1. The van der Waals surface area contributed by atoms with Crippen molar-refractivity contribution in [1.29, 1.82) is 0 Å². The third-order valence-electron chi connectivity index (χ3n) is 0.829. The Labute approximate surface area is 55.9 Å². The predicted molar refractivity (Wildman–Crippen MR) is 39.3 cm³/mol. The van der Waals surface area contributed by atoms with Gasteiger partial charge in [-0.1, -0.05) is 23.8 Å². The van der Waals surface area contributed by atoms with Crippen LogP contribution >= 0.6 is 11.6 Å². The first-order chi connectivity index (χ1) is 3.81. The van der Waals surface area contributed by atoms with E-state index < -0.39 is 0 Å². The summed E-state index contributed by atoms with van der Waals surface area (Å²) in [5, 5.41) is 0. The monoisotopic (exact) mass is 130 g/mol. The molecule has 0 aromatic carbocycles. The molecule has 0 aliphatic rings. The van der Waals surface area contributed by atoms with E-state index in [2.05, 4.69) is 0 Å². The molecule has 0 bridgehead atoms. The molecule has 0 rings (SSSR count). The van der Waals surface area contributed by atoms with Crippen molar-refractivity contribution >= 4 is 11.6 Å². The van der Waals surface area contributed by atoms with Crippen LogP contribution in [0.25, 0.3) is 0 Å². The number of hydrogen-bond acceptors (Lipinski definition) is 0. The van der Waals surface area contributed by atoms with Crippen molar-refractivity contribution in [1.82, 2.24) is 0 Å². The lowest BCUT2D eigenvalue weighted by Gasteiger charge is -1.84. The third kappa shape index (κ3) is 3.94. The van der Waals surface area contributed by atoms with Gasteiger partial charge in [0, 0.05) is 5.88 Å². The first-order valence-corrected chi connectivity index (χ1v) is 3.20. The van der Waals surface area contributed by atoms with Gasteiger partial charge in [0.2, 0.25) is 0 Å². The van der Waals surface area contributed by atoms with Gasteiger partial charge in [0.25, 0.3) is 0 Å². The molecule has 1 heteroatoms. The zero-order chi connectivity index (χ0) is 6.41. The Bertz CT molecular complexity index is 101. The second kappa shape index (κ2) is 4.92. The van der Waals surface area contributed by atoms with Crippen LogP contribution in [0.1, 0.15) is 13.8 Å². The molecule has 0 saturated carbocycles. The van der Waals surface area contributed by atoms with Crippen molar-refractivity contribution in [3.63, 3.8) is 0 Å². The summed E-state index contributed by atoms with van der Waals surface area (Å²) in [5.41, 5.74) is 1.22. The Morgan fingerprint density at radius 3 is 2.62 bits per heavy atom. The highest BCUT2D eigenvalue weighted by Crippen LogP contribution is 1.94. The Hall–Kier alpha value is -0.230. The lowest BCUT2D eigenvalue weighted by molar-refractivity contribution is 1.47. The first kappa shape index (κ1) is 7.77. The van der Waals surface area contributed by atoms with E-state index in [4.69, 9.17) is 11.6 Å². The van der Waals surface area contributed by atoms with Crippen LogP contribution in [0, 0.1) is 0 Å². The van der Waals surface area contributed by atoms with Gasteiger partial charge in [0.1, 0.15) is 0 Å². The molecule has 0 saturated heterocycles. The molecule has 46 valence electrons. The van der Waals surface area contributed by atoms with Crippen molar-refractivity contribution < 1.29 is 0 Å². The van der Waals surface area contributed by atoms with Gasteiger partial charge >= 0.3 is 0 Å². The second-order valence-electron chi connectivity index (χ2n) is 1.60. The maximum Gasteiger partial charge on any atom is 0.0409 e. The molecule has 0 aliphatic heterocycles. The summed E-state index contributed by atoms with van der Waals surface area (Å²) in [5.74, 6) is 0.607. The van der Waals surface area contributed by atoms with E-state index in [0.717, 1.165) is 0 Å². The van der Waals surface area contributed by atoms with Gasteiger partial charge in [-0.05, 0) is 13.8 Å². The number of rotatable bonds is 2. The van der Waals surface area contributed by atoms with Gasteiger partial charge in [0.15, 0.2) is 0 Å². The summed E-state index contributed by atoms with van der Waals surface area (Å²) in [6, 6.07) is 0. The van der Waals surface area contributed by atoms with Gasteiger partial charge in [-0.25, -0.2) is 0 Å². The fraction of sp³-hybridized carbons (Fsp3) is 0.429. The van der Waals surface area contributed by atoms with E-state index >= 15 is 0 Å². The van der Waals surface area contributed by atoms with Crippen molar-refractivity contribution in [3.05, 3.63) is 23.8 Å². The molecule has 0 heterocycles. The van der Waals surface area contributed by atoms with Crippen LogP contribution in [-0.2, 0) is 0 Å². The summed E-state index contributed by atoms with van der Waals surface area (Å²) in [6.45, 7) is 4.02. The molecule has 0 aliphatic carbocycles. The highest BCUT2D eigenvalue weighted by molar-refractivity contribution is 6.18. The minimum atomic E-state index is 0.607. The molecule has 0 amide bonds. The molecular formula is C7H11Cl. The maximum atomic E-state index is 5.42. The summed E-state index contributed by atoms with van der Waals surface area (Å²) in [6.07, 6.45) is 6.00. The van der Waals surface area contributed by atoms with E-state index in [-0.39, 0.29) is 0 Å². The van der Waals surface area contributed by atoms with E-state index in [1.807, 2.05) is 32.1 Å². The van der Waals surface area contributed by atoms with Crippen LogP contribution in [0.2, 0.25) is 0 Å². The van der Waals surface area contributed by atoms with Gasteiger partial charge in [-0.15, -0.1) is 11.6 Å². The molecule has 0 nitrogen and oxygen atoms in total. The van der Waals surface area contributed by atoms with Gasteiger partial charge < -0.3 is 0 Å². The van der Waals surface area contributed by atoms with Crippen LogP contribution in [-0.4, -0.2) is 5.88 Å². The van der Waals surface area contributed by atoms with Crippen molar-refractivity contribution in [2.24, 2.45) is 0 Å². The molecular weight excluding hydrogens is 120 g/mol. The number of alkyl halides is 1. The SMILES string of the molecule is C/C=C\C(C)=C/CCl. The van der Waals surface area contributed by atoms with Gasteiger partial charge in [-0.3, -0.25) is 0 Å². The fourth-order valence-corrected chi connectivity index (χ4v) is 0.696. The summed E-state index contributed by atoms with van der Waals surface area (Å²) in [4.78, 5) is 0. The molecule has 0 aromatic rings. The zero-order valence-electron chi connectivity index (χ0n) is 5.32. The van der Waals surface area contributed by atoms with Crippen molar-refractivity contribution in [3.8, 4) is 0 Å². The quantitative estimate of drug-likeness (QED) is 0.398. The molecule has 0 fully saturated rings. The smallest absolute Gasteiger partial charge is 0.0409 e. The number of allylic oxidation sites excluding steroid dienone is 4. The summed E-state index contributed by atoms with van der Waals surface area (Å²) in [7, 11) is 0. The maximum absolute atomic E-state index is 5.42. The number of hydrogen-bond donors (Lipinski definition) is 0. The lowest BCUT2D eigenvalue weighted by Crippen LogP contribution is -1.67. The first-order valence-electron chi connectivity index (χ1n) is 2.66. The second-order valence-corrected chi connectivity index (χ2v) is 1.91. The van der Waals surface area contributed by atoms with Gasteiger partial charge in [0.05, 0.1) is 0 Å². The summed E-state index contributed by atoms with van der Waals surface area (Å²) < 4.78 is 0. The molecule has 0 spiro atoms. The van der Waals surface area contributed by atoms with Crippen molar-refractivity contribution in [2.45, 2.75) is 13.8 Å². The molecule has 0 aromatic heterocycles. The van der Waals surface area contributed by atoms with E-state index in [1.54, 1.807) is 0 Å². The molecule has 0 unspecified atom stereocenters. The molecule has 0 radical (unpaired) electrons. The topological polar surface area (TPSA) is 0 Å². The average molecular weight is 131 g/mol. The Kier molecular flexibility index (Phi) is 4.78. The summed E-state index contributed by atoms with van der Waals surface area (Å²) >= 11 is 5.42. The van der Waals surface area contributed by atoms with Crippen LogP contribution in [0.15, 0.2) is 23.8 Å². The highest BCUT2D eigenvalue weighted by Gasteiger charge is 1.75. The standard InChI is InChI=1S/C7H11Cl/c1-3-4-7(2)5-6-8/h3-5H,6H2,1-2H3/b4-3-,7-5-. The van der Waals surface area contributed by atoms with E-state index in [1.165, 1.54) is 5.57 Å². The molecule has 8 heavy (non-hydrogen) atoms.